The third kappa shape index (κ3) is 1.24. The lowest BCUT2D eigenvalue weighted by atomic mass is 10.2. The third-order valence-corrected chi connectivity index (χ3v) is 2.35. The number of hydrogen-bond donors (Lipinski definition) is 0. The molecule has 3 nitrogen and oxygen atoms in total. The van der Waals surface area contributed by atoms with E-state index in [0.717, 1.165) is 5.52 Å². The number of carbonyl (C=O) groups excluding carboxylic acids is 1. The van der Waals surface area contributed by atoms with Crippen molar-refractivity contribution < 1.29 is 4.79 Å². The highest BCUT2D eigenvalue weighted by molar-refractivity contribution is 5.86. The first-order valence-electron chi connectivity index (χ1n) is 4.36. The van der Waals surface area contributed by atoms with Crippen molar-refractivity contribution in [1.29, 1.82) is 0 Å². The van der Waals surface area contributed by atoms with Gasteiger partial charge in [-0.3, -0.25) is 0 Å². The number of aryl methyl sites for hydroxylation is 2. The minimum Gasteiger partial charge on any atom is -0.350 e. The molecule has 0 aliphatic carbocycles. The van der Waals surface area contributed by atoms with Crippen LogP contribution in [0.4, 0.5) is 5.69 Å². The lowest BCUT2D eigenvalue weighted by molar-refractivity contribution is 0.565. The van der Waals surface area contributed by atoms with Crippen molar-refractivity contribution in [1.82, 2.24) is 4.57 Å². The molecule has 0 saturated heterocycles. The van der Waals surface area contributed by atoms with E-state index in [1.165, 1.54) is 10.9 Å². The number of aliphatic imine (C=N–C) groups is 1. The maximum Gasteiger partial charge on any atom is 0.240 e. The fourth-order valence-electron chi connectivity index (χ4n) is 1.70. The van der Waals surface area contributed by atoms with Crippen molar-refractivity contribution in [3.63, 3.8) is 0 Å². The van der Waals surface area contributed by atoms with Crippen LogP contribution >= 0.6 is 0 Å². The van der Waals surface area contributed by atoms with E-state index in [4.69, 9.17) is 0 Å². The molecule has 0 atom stereocenters. The predicted molar refractivity (Wildman–Crippen MR) is 55.4 cm³/mol. The average molecular weight is 186 g/mol. The standard InChI is InChI=1S/C11H10N2O/c1-8-6-13(2)11-5-9(12-7-14)3-4-10(8)11/h3-6H,1-2H3. The number of nitrogens with zero attached hydrogens (tertiary/aromatic N) is 2. The molecule has 2 rings (SSSR count). The molecule has 0 fully saturated rings. The van der Waals surface area contributed by atoms with Crippen LogP contribution in [0.5, 0.6) is 0 Å². The van der Waals surface area contributed by atoms with Gasteiger partial charge in [-0.1, -0.05) is 6.07 Å². The molecule has 0 N–H and O–H groups in total. The lowest BCUT2D eigenvalue weighted by Gasteiger charge is -1.96. The van der Waals surface area contributed by atoms with Crippen LogP contribution in [0.3, 0.4) is 0 Å². The van der Waals surface area contributed by atoms with E-state index in [0.29, 0.717) is 5.69 Å². The first-order valence-corrected chi connectivity index (χ1v) is 4.36. The van der Waals surface area contributed by atoms with Gasteiger partial charge in [0.15, 0.2) is 0 Å². The second-order valence-electron chi connectivity index (χ2n) is 3.33. The first-order chi connectivity index (χ1) is 6.72. The van der Waals surface area contributed by atoms with Gasteiger partial charge in [0.05, 0.1) is 11.2 Å². The van der Waals surface area contributed by atoms with E-state index >= 15 is 0 Å². The highest BCUT2D eigenvalue weighted by Crippen LogP contribution is 2.24. The predicted octanol–water partition coefficient (Wildman–Crippen LogP) is 2.45. The normalized spacial score (nSPS) is 10.1. The monoisotopic (exact) mass is 186 g/mol. The van der Waals surface area contributed by atoms with Gasteiger partial charge in [0.25, 0.3) is 0 Å². The van der Waals surface area contributed by atoms with Gasteiger partial charge in [-0.2, -0.15) is 4.99 Å². The zero-order valence-electron chi connectivity index (χ0n) is 8.11. The molecule has 0 bridgehead atoms. The maximum atomic E-state index is 10.1. The third-order valence-electron chi connectivity index (χ3n) is 2.35. The van der Waals surface area contributed by atoms with Crippen LogP contribution in [0.25, 0.3) is 10.9 Å². The summed E-state index contributed by atoms with van der Waals surface area (Å²) in [5, 5.41) is 1.19. The highest BCUT2D eigenvalue weighted by atomic mass is 16.1. The van der Waals surface area contributed by atoms with E-state index in [1.807, 2.05) is 29.8 Å². The zero-order chi connectivity index (χ0) is 10.1. The van der Waals surface area contributed by atoms with Crippen LogP contribution in [0.15, 0.2) is 29.4 Å². The van der Waals surface area contributed by atoms with Crippen LogP contribution in [-0.2, 0) is 11.8 Å². The average Bonchev–Trinajstić information content (AvgIpc) is 2.43. The van der Waals surface area contributed by atoms with Gasteiger partial charge in [0, 0.05) is 18.6 Å². The lowest BCUT2D eigenvalue weighted by Crippen LogP contribution is -1.82. The Balaban J connectivity index is 2.76. The van der Waals surface area contributed by atoms with Gasteiger partial charge < -0.3 is 4.57 Å². The highest BCUT2D eigenvalue weighted by Gasteiger charge is 2.02. The van der Waals surface area contributed by atoms with Crippen molar-refractivity contribution in [2.45, 2.75) is 6.92 Å². The molecule has 0 aliphatic heterocycles. The Kier molecular flexibility index (Phi) is 1.95. The molecule has 0 amide bonds. The second-order valence-corrected chi connectivity index (χ2v) is 3.33. The summed E-state index contributed by atoms with van der Waals surface area (Å²) in [5.41, 5.74) is 2.96. The van der Waals surface area contributed by atoms with Crippen LogP contribution in [0.2, 0.25) is 0 Å². The molecule has 0 saturated carbocycles. The summed E-state index contributed by atoms with van der Waals surface area (Å²) >= 11 is 0. The van der Waals surface area contributed by atoms with Gasteiger partial charge in [-0.15, -0.1) is 0 Å². The van der Waals surface area contributed by atoms with E-state index in [9.17, 15) is 4.79 Å². The molecular formula is C11H10N2O. The van der Waals surface area contributed by atoms with Crippen LogP contribution < -0.4 is 0 Å². The molecule has 1 heterocycles. The van der Waals surface area contributed by atoms with Gasteiger partial charge in [-0.05, 0) is 24.6 Å². The molecule has 0 aliphatic rings. The van der Waals surface area contributed by atoms with Crippen molar-refractivity contribution in [2.24, 2.45) is 12.0 Å². The van der Waals surface area contributed by atoms with E-state index in [-0.39, 0.29) is 0 Å². The fourth-order valence-corrected chi connectivity index (χ4v) is 1.70. The summed E-state index contributed by atoms with van der Waals surface area (Å²) in [7, 11) is 1.98. The largest absolute Gasteiger partial charge is 0.350 e. The number of isocyanates is 1. The summed E-state index contributed by atoms with van der Waals surface area (Å²) in [6, 6.07) is 5.67. The van der Waals surface area contributed by atoms with E-state index in [1.54, 1.807) is 6.08 Å². The SMILES string of the molecule is Cc1cn(C)c2cc(N=C=O)ccc12. The van der Waals surface area contributed by atoms with Crippen molar-refractivity contribution >= 4 is 22.7 Å². The molecule has 1 aromatic carbocycles. The molecule has 70 valence electrons. The Morgan fingerprint density at radius 1 is 1.43 bits per heavy atom. The van der Waals surface area contributed by atoms with Gasteiger partial charge in [-0.25, -0.2) is 4.79 Å². The summed E-state index contributed by atoms with van der Waals surface area (Å²) in [4.78, 5) is 13.7. The molecule has 2 aromatic rings. The van der Waals surface area contributed by atoms with E-state index < -0.39 is 0 Å². The fraction of sp³-hybridized carbons (Fsp3) is 0.182. The summed E-state index contributed by atoms with van der Waals surface area (Å²) in [6.45, 7) is 2.06. The van der Waals surface area contributed by atoms with Crippen LogP contribution in [-0.4, -0.2) is 10.6 Å². The molecular weight excluding hydrogens is 176 g/mol. The molecule has 0 radical (unpaired) electrons. The topological polar surface area (TPSA) is 34.4 Å². The Bertz CT molecular complexity index is 533. The molecule has 3 heteroatoms. The number of aromatic nitrogens is 1. The Hall–Kier alpha value is -1.86. The summed E-state index contributed by atoms with van der Waals surface area (Å²) < 4.78 is 2.02. The number of rotatable bonds is 1. The Morgan fingerprint density at radius 3 is 2.93 bits per heavy atom. The smallest absolute Gasteiger partial charge is 0.240 e. The van der Waals surface area contributed by atoms with Crippen molar-refractivity contribution in [3.8, 4) is 0 Å². The van der Waals surface area contributed by atoms with Crippen molar-refractivity contribution in [3.05, 3.63) is 30.0 Å². The summed E-state index contributed by atoms with van der Waals surface area (Å²) in [5.74, 6) is 0. The van der Waals surface area contributed by atoms with Gasteiger partial charge >= 0.3 is 0 Å². The van der Waals surface area contributed by atoms with Gasteiger partial charge in [0.2, 0.25) is 6.08 Å². The Labute approximate surface area is 81.7 Å². The maximum absolute atomic E-state index is 10.1. The summed E-state index contributed by atoms with van der Waals surface area (Å²) in [6.07, 6.45) is 3.60. The molecule has 1 aromatic heterocycles. The van der Waals surface area contributed by atoms with E-state index in [2.05, 4.69) is 18.1 Å². The molecule has 14 heavy (non-hydrogen) atoms. The first kappa shape index (κ1) is 8.73. The Morgan fingerprint density at radius 2 is 2.21 bits per heavy atom. The molecule has 0 spiro atoms. The number of benzene rings is 1. The minimum atomic E-state index is 0.647. The number of hydrogen-bond acceptors (Lipinski definition) is 2. The zero-order valence-corrected chi connectivity index (χ0v) is 8.11. The van der Waals surface area contributed by atoms with Crippen molar-refractivity contribution in [2.75, 3.05) is 0 Å². The number of fused-ring (bicyclic) bond motifs is 1. The molecule has 0 unspecified atom stereocenters. The quantitative estimate of drug-likeness (QED) is 0.497. The van der Waals surface area contributed by atoms with Gasteiger partial charge in [0.1, 0.15) is 0 Å². The van der Waals surface area contributed by atoms with Crippen LogP contribution in [0, 0.1) is 6.92 Å². The van der Waals surface area contributed by atoms with Crippen LogP contribution in [0.1, 0.15) is 5.56 Å². The second kappa shape index (κ2) is 3.13. The minimum absolute atomic E-state index is 0.647.